The maximum absolute atomic E-state index is 12.1. The average molecular weight is 395 g/mol. The lowest BCUT2D eigenvalue weighted by Gasteiger charge is -2.42. The third-order valence-electron chi connectivity index (χ3n) is 5.03. The number of sulfone groups is 1. The van der Waals surface area contributed by atoms with Gasteiger partial charge in [-0.2, -0.15) is 0 Å². The molecule has 148 valence electrons. The summed E-state index contributed by atoms with van der Waals surface area (Å²) in [4.78, 5) is 25.3. The Balaban J connectivity index is 1.45. The van der Waals surface area contributed by atoms with Crippen LogP contribution >= 0.6 is 0 Å². The molecule has 1 aromatic carbocycles. The molecule has 0 radical (unpaired) electrons. The molecule has 2 amide bonds. The summed E-state index contributed by atoms with van der Waals surface area (Å²) in [5, 5.41) is 14.6. The minimum absolute atomic E-state index is 0.0146. The molecule has 0 aromatic heterocycles. The molecule has 3 N–H and O–H groups in total. The van der Waals surface area contributed by atoms with Gasteiger partial charge in [-0.15, -0.1) is 0 Å². The fraction of sp³-hybridized carbons (Fsp3) is 0.556. The number of hydrogen-bond donors (Lipinski definition) is 3. The Morgan fingerprint density at radius 3 is 2.33 bits per heavy atom. The zero-order valence-electron chi connectivity index (χ0n) is 15.2. The Kier molecular flexibility index (Phi) is 5.71. The zero-order valence-corrected chi connectivity index (χ0v) is 16.0. The number of anilines is 1. The number of hydrogen-bond acceptors (Lipinski definition) is 5. The SMILES string of the molecule is CS(=O)(=O)c1ccc(NC(=O)NC2CC(N(CC(=O)O)CC3CC3)C2)cc1. The lowest BCUT2D eigenvalue weighted by atomic mass is 9.85. The van der Waals surface area contributed by atoms with E-state index in [4.69, 9.17) is 5.11 Å². The van der Waals surface area contributed by atoms with Gasteiger partial charge in [-0.05, 0) is 55.9 Å². The summed E-state index contributed by atoms with van der Waals surface area (Å²) in [5.41, 5.74) is 0.511. The smallest absolute Gasteiger partial charge is 0.319 e. The predicted molar refractivity (Wildman–Crippen MR) is 100 cm³/mol. The lowest BCUT2D eigenvalue weighted by Crippen LogP contribution is -2.55. The second-order valence-electron chi connectivity index (χ2n) is 7.48. The number of carbonyl (C=O) groups is 2. The Labute approximate surface area is 158 Å². The van der Waals surface area contributed by atoms with Gasteiger partial charge in [0.25, 0.3) is 0 Å². The Morgan fingerprint density at radius 2 is 1.81 bits per heavy atom. The van der Waals surface area contributed by atoms with Crippen molar-refractivity contribution < 1.29 is 23.1 Å². The van der Waals surface area contributed by atoms with E-state index in [0.717, 1.165) is 25.6 Å². The molecular weight excluding hydrogens is 370 g/mol. The highest BCUT2D eigenvalue weighted by atomic mass is 32.2. The number of urea groups is 1. The molecule has 3 rings (SSSR count). The van der Waals surface area contributed by atoms with E-state index in [1.165, 1.54) is 25.0 Å². The standard InChI is InChI=1S/C18H25N3O5S/c1-27(25,26)16-6-4-13(5-7-16)19-18(24)20-14-8-15(9-14)21(11-17(22)23)10-12-2-3-12/h4-7,12,14-15H,2-3,8-11H2,1H3,(H,22,23)(H2,19,20,24). The van der Waals surface area contributed by atoms with Gasteiger partial charge in [0.05, 0.1) is 11.4 Å². The van der Waals surface area contributed by atoms with Gasteiger partial charge in [0.15, 0.2) is 9.84 Å². The molecule has 2 fully saturated rings. The predicted octanol–water partition coefficient (Wildman–Crippen LogP) is 1.54. The van der Waals surface area contributed by atoms with E-state index in [2.05, 4.69) is 10.6 Å². The fourth-order valence-electron chi connectivity index (χ4n) is 3.29. The van der Waals surface area contributed by atoms with Crippen LogP contribution in [0.3, 0.4) is 0 Å². The van der Waals surface area contributed by atoms with Crippen molar-refractivity contribution in [2.45, 2.75) is 42.7 Å². The summed E-state index contributed by atoms with van der Waals surface area (Å²) in [7, 11) is -3.26. The lowest BCUT2D eigenvalue weighted by molar-refractivity contribution is -0.139. The van der Waals surface area contributed by atoms with Crippen molar-refractivity contribution in [3.05, 3.63) is 24.3 Å². The second kappa shape index (κ2) is 7.85. The zero-order chi connectivity index (χ0) is 19.6. The van der Waals surface area contributed by atoms with Crippen molar-refractivity contribution in [2.24, 2.45) is 5.92 Å². The number of nitrogens with one attached hydrogen (secondary N) is 2. The molecule has 8 nitrogen and oxygen atoms in total. The number of nitrogens with zero attached hydrogens (tertiary/aromatic N) is 1. The van der Waals surface area contributed by atoms with Gasteiger partial charge in [0.2, 0.25) is 0 Å². The molecule has 27 heavy (non-hydrogen) atoms. The summed E-state index contributed by atoms with van der Waals surface area (Å²) in [6, 6.07) is 5.85. The number of rotatable bonds is 8. The number of carboxylic acids is 1. The van der Waals surface area contributed by atoms with E-state index in [-0.39, 0.29) is 29.6 Å². The van der Waals surface area contributed by atoms with Crippen LogP contribution in [0.1, 0.15) is 25.7 Å². The molecule has 0 spiro atoms. The molecule has 2 aliphatic carbocycles. The highest BCUT2D eigenvalue weighted by molar-refractivity contribution is 7.90. The Bertz CT molecular complexity index is 799. The Hall–Kier alpha value is -2.13. The summed E-state index contributed by atoms with van der Waals surface area (Å²) in [6.07, 6.45) is 4.95. The van der Waals surface area contributed by atoms with E-state index in [1.54, 1.807) is 12.1 Å². The molecule has 2 saturated carbocycles. The van der Waals surface area contributed by atoms with Gasteiger partial charge in [-0.25, -0.2) is 13.2 Å². The quantitative estimate of drug-likeness (QED) is 0.615. The number of aliphatic carboxylic acids is 1. The topological polar surface area (TPSA) is 116 Å². The van der Waals surface area contributed by atoms with Crippen molar-refractivity contribution in [1.29, 1.82) is 0 Å². The van der Waals surface area contributed by atoms with E-state index in [0.29, 0.717) is 11.6 Å². The largest absolute Gasteiger partial charge is 0.480 e. The minimum atomic E-state index is -3.26. The normalized spacial score (nSPS) is 22.1. The monoisotopic (exact) mass is 395 g/mol. The van der Waals surface area contributed by atoms with E-state index in [9.17, 15) is 18.0 Å². The van der Waals surface area contributed by atoms with Crippen molar-refractivity contribution >= 4 is 27.5 Å². The minimum Gasteiger partial charge on any atom is -0.480 e. The highest BCUT2D eigenvalue weighted by Gasteiger charge is 2.37. The van der Waals surface area contributed by atoms with Crippen molar-refractivity contribution in [3.63, 3.8) is 0 Å². The first-order valence-electron chi connectivity index (χ1n) is 9.04. The van der Waals surface area contributed by atoms with Gasteiger partial charge in [0, 0.05) is 30.6 Å². The summed E-state index contributed by atoms with van der Waals surface area (Å²) in [5.74, 6) is -0.197. The summed E-state index contributed by atoms with van der Waals surface area (Å²) < 4.78 is 22.9. The molecule has 0 aliphatic heterocycles. The first-order valence-corrected chi connectivity index (χ1v) is 10.9. The first-order chi connectivity index (χ1) is 12.7. The van der Waals surface area contributed by atoms with E-state index < -0.39 is 15.8 Å². The van der Waals surface area contributed by atoms with Crippen LogP contribution in [0.15, 0.2) is 29.2 Å². The van der Waals surface area contributed by atoms with Crippen molar-refractivity contribution in [1.82, 2.24) is 10.2 Å². The molecule has 0 unspecified atom stereocenters. The van der Waals surface area contributed by atoms with Crippen LogP contribution < -0.4 is 10.6 Å². The fourth-order valence-corrected chi connectivity index (χ4v) is 3.92. The number of carboxylic acid groups (broad SMARTS) is 1. The van der Waals surface area contributed by atoms with Gasteiger partial charge in [-0.1, -0.05) is 0 Å². The molecule has 9 heteroatoms. The molecule has 2 aliphatic rings. The highest BCUT2D eigenvalue weighted by Crippen LogP contribution is 2.33. The molecule has 0 atom stereocenters. The van der Waals surface area contributed by atoms with E-state index in [1.807, 2.05) is 4.90 Å². The van der Waals surface area contributed by atoms with Crippen LogP contribution in [0.25, 0.3) is 0 Å². The Morgan fingerprint density at radius 1 is 1.19 bits per heavy atom. The average Bonchev–Trinajstić information content (AvgIpc) is 3.33. The molecule has 1 aromatic rings. The van der Waals surface area contributed by atoms with Crippen LogP contribution in [0, 0.1) is 5.92 Å². The second-order valence-corrected chi connectivity index (χ2v) is 9.50. The van der Waals surface area contributed by atoms with Gasteiger partial charge in [0.1, 0.15) is 0 Å². The van der Waals surface area contributed by atoms with Gasteiger partial charge < -0.3 is 15.7 Å². The van der Waals surface area contributed by atoms with Crippen molar-refractivity contribution in [2.75, 3.05) is 24.7 Å². The number of benzene rings is 1. The molecule has 0 bridgehead atoms. The third-order valence-corrected chi connectivity index (χ3v) is 6.16. The van der Waals surface area contributed by atoms with Gasteiger partial charge in [-0.3, -0.25) is 9.69 Å². The third kappa shape index (κ3) is 5.67. The van der Waals surface area contributed by atoms with Crippen LogP contribution in [-0.2, 0) is 14.6 Å². The maximum atomic E-state index is 12.1. The van der Waals surface area contributed by atoms with Crippen LogP contribution in [-0.4, -0.2) is 61.9 Å². The first kappa shape index (κ1) is 19.6. The summed E-state index contributed by atoms with van der Waals surface area (Å²) in [6.45, 7) is 0.870. The maximum Gasteiger partial charge on any atom is 0.319 e. The number of amides is 2. The summed E-state index contributed by atoms with van der Waals surface area (Å²) >= 11 is 0. The van der Waals surface area contributed by atoms with Gasteiger partial charge >= 0.3 is 12.0 Å². The van der Waals surface area contributed by atoms with E-state index >= 15 is 0 Å². The molecule has 0 saturated heterocycles. The van der Waals surface area contributed by atoms with Crippen LogP contribution in [0.2, 0.25) is 0 Å². The van der Waals surface area contributed by atoms with Crippen LogP contribution in [0.5, 0.6) is 0 Å². The molecular formula is C18H25N3O5S. The van der Waals surface area contributed by atoms with Crippen molar-refractivity contribution in [3.8, 4) is 0 Å². The van der Waals surface area contributed by atoms with Crippen LogP contribution in [0.4, 0.5) is 10.5 Å². The number of carbonyl (C=O) groups excluding carboxylic acids is 1. The molecule has 0 heterocycles.